The molecule has 1 aliphatic rings. The number of aromatic nitrogens is 3. The molecule has 1 fully saturated rings. The topological polar surface area (TPSA) is 96.2 Å². The van der Waals surface area contributed by atoms with Crippen molar-refractivity contribution in [3.05, 3.63) is 63.9 Å². The summed E-state index contributed by atoms with van der Waals surface area (Å²) >= 11 is 1.48. The molecule has 2 aromatic heterocycles. The number of nitrogens with zero attached hydrogens (tertiary/aromatic N) is 4. The Morgan fingerprint density at radius 2 is 2.22 bits per heavy atom. The summed E-state index contributed by atoms with van der Waals surface area (Å²) in [6.45, 7) is 0.570. The minimum Gasteiger partial charge on any atom is -0.496 e. The molecule has 0 aliphatic heterocycles. The lowest BCUT2D eigenvalue weighted by atomic mass is 10.2. The number of nitro benzene ring substituents is 1. The quantitative estimate of drug-likeness (QED) is 0.328. The first-order chi connectivity index (χ1) is 13.2. The maximum absolute atomic E-state index is 11.1. The van der Waals surface area contributed by atoms with E-state index in [2.05, 4.69) is 14.8 Å². The van der Waals surface area contributed by atoms with Crippen molar-refractivity contribution in [2.75, 3.05) is 7.11 Å². The van der Waals surface area contributed by atoms with Gasteiger partial charge in [0.2, 0.25) is 0 Å². The summed E-state index contributed by atoms with van der Waals surface area (Å²) in [6.07, 6.45) is 3.90. The van der Waals surface area contributed by atoms with E-state index in [1.54, 1.807) is 25.5 Å². The first-order valence-electron chi connectivity index (χ1n) is 8.55. The van der Waals surface area contributed by atoms with Crippen LogP contribution in [0.25, 0.3) is 0 Å². The Kier molecular flexibility index (Phi) is 4.85. The molecule has 0 radical (unpaired) electrons. The summed E-state index contributed by atoms with van der Waals surface area (Å²) in [7, 11) is 1.56. The van der Waals surface area contributed by atoms with Gasteiger partial charge in [0.1, 0.15) is 17.3 Å². The standard InChI is InChI=1S/C18H18N4O4S/c1-25-16-7-6-14(22(23)24)9-13(16)11-27-18-20-19-17(12-4-5-12)21(18)10-15-3-2-8-26-15/h2-3,6-9,12H,4-5,10-11H2,1H3. The second kappa shape index (κ2) is 7.43. The summed E-state index contributed by atoms with van der Waals surface area (Å²) in [5, 5.41) is 20.5. The molecule has 1 saturated carbocycles. The molecule has 2 heterocycles. The third-order valence-corrected chi connectivity index (χ3v) is 5.43. The van der Waals surface area contributed by atoms with Gasteiger partial charge >= 0.3 is 0 Å². The molecule has 0 N–H and O–H groups in total. The van der Waals surface area contributed by atoms with Crippen LogP contribution in [0.1, 0.15) is 35.9 Å². The van der Waals surface area contributed by atoms with Gasteiger partial charge in [-0.25, -0.2) is 0 Å². The Bertz CT molecular complexity index is 950. The number of ether oxygens (including phenoxy) is 1. The van der Waals surface area contributed by atoms with Gasteiger partial charge in [0.05, 0.1) is 24.8 Å². The predicted molar refractivity (Wildman–Crippen MR) is 99.0 cm³/mol. The minimum atomic E-state index is -0.405. The molecule has 8 nitrogen and oxygen atoms in total. The van der Waals surface area contributed by atoms with E-state index in [9.17, 15) is 10.1 Å². The van der Waals surface area contributed by atoms with Crippen LogP contribution in [-0.4, -0.2) is 26.8 Å². The van der Waals surface area contributed by atoms with Crippen molar-refractivity contribution >= 4 is 17.4 Å². The highest BCUT2D eigenvalue weighted by molar-refractivity contribution is 7.98. The van der Waals surface area contributed by atoms with Gasteiger partial charge in [-0.2, -0.15) is 0 Å². The molecule has 4 rings (SSSR count). The zero-order chi connectivity index (χ0) is 18.8. The number of benzene rings is 1. The number of nitro groups is 1. The van der Waals surface area contributed by atoms with E-state index >= 15 is 0 Å². The van der Waals surface area contributed by atoms with E-state index in [4.69, 9.17) is 9.15 Å². The van der Waals surface area contributed by atoms with Gasteiger partial charge in [-0.15, -0.1) is 10.2 Å². The number of thioether (sulfide) groups is 1. The molecule has 0 unspecified atom stereocenters. The van der Waals surface area contributed by atoms with Gasteiger partial charge < -0.3 is 9.15 Å². The van der Waals surface area contributed by atoms with E-state index in [0.29, 0.717) is 24.0 Å². The molecular formula is C18H18N4O4S. The average molecular weight is 386 g/mol. The molecule has 0 saturated heterocycles. The SMILES string of the molecule is COc1ccc([N+](=O)[O-])cc1CSc1nnc(C2CC2)n1Cc1ccco1. The highest BCUT2D eigenvalue weighted by Gasteiger charge is 2.30. The molecule has 9 heteroatoms. The fourth-order valence-electron chi connectivity index (χ4n) is 2.89. The summed E-state index contributed by atoms with van der Waals surface area (Å²) in [5.41, 5.74) is 0.791. The Labute approximate surface area is 159 Å². The van der Waals surface area contributed by atoms with Crippen molar-refractivity contribution < 1.29 is 14.1 Å². The van der Waals surface area contributed by atoms with E-state index in [-0.39, 0.29) is 5.69 Å². The summed E-state index contributed by atoms with van der Waals surface area (Å²) in [4.78, 5) is 10.7. The summed E-state index contributed by atoms with van der Waals surface area (Å²) in [6, 6.07) is 8.39. The van der Waals surface area contributed by atoms with Crippen LogP contribution in [0.3, 0.4) is 0 Å². The first kappa shape index (κ1) is 17.6. The first-order valence-corrected chi connectivity index (χ1v) is 9.54. The molecular weight excluding hydrogens is 368 g/mol. The molecule has 3 aromatic rings. The van der Waals surface area contributed by atoms with Crippen LogP contribution in [0.2, 0.25) is 0 Å². The molecule has 1 aromatic carbocycles. The van der Waals surface area contributed by atoms with Crippen molar-refractivity contribution in [3.63, 3.8) is 0 Å². The Morgan fingerprint density at radius 1 is 1.37 bits per heavy atom. The van der Waals surface area contributed by atoms with Crippen LogP contribution in [-0.2, 0) is 12.3 Å². The van der Waals surface area contributed by atoms with Crippen molar-refractivity contribution in [3.8, 4) is 5.75 Å². The van der Waals surface area contributed by atoms with E-state index in [1.807, 2.05) is 12.1 Å². The Morgan fingerprint density at radius 3 is 2.89 bits per heavy atom. The van der Waals surface area contributed by atoms with Crippen LogP contribution in [0.4, 0.5) is 5.69 Å². The van der Waals surface area contributed by atoms with Crippen molar-refractivity contribution in [1.29, 1.82) is 0 Å². The zero-order valence-corrected chi connectivity index (χ0v) is 15.5. The fourth-order valence-corrected chi connectivity index (χ4v) is 3.81. The van der Waals surface area contributed by atoms with Crippen LogP contribution in [0, 0.1) is 10.1 Å². The van der Waals surface area contributed by atoms with Gasteiger partial charge in [0, 0.05) is 29.4 Å². The van der Waals surface area contributed by atoms with E-state index in [1.165, 1.54) is 17.8 Å². The molecule has 0 bridgehead atoms. The monoisotopic (exact) mass is 386 g/mol. The van der Waals surface area contributed by atoms with Gasteiger partial charge in [-0.1, -0.05) is 11.8 Å². The third-order valence-electron chi connectivity index (χ3n) is 4.41. The number of furan rings is 1. The molecule has 0 spiro atoms. The predicted octanol–water partition coefficient (Wildman–Crippen LogP) is 4.01. The lowest BCUT2D eigenvalue weighted by Crippen LogP contribution is -2.05. The molecule has 27 heavy (non-hydrogen) atoms. The van der Waals surface area contributed by atoms with Crippen molar-refractivity contribution in [1.82, 2.24) is 14.8 Å². The molecule has 0 atom stereocenters. The summed E-state index contributed by atoms with van der Waals surface area (Å²) < 4.78 is 12.9. The van der Waals surface area contributed by atoms with E-state index < -0.39 is 4.92 Å². The molecule has 1 aliphatic carbocycles. The Balaban J connectivity index is 1.58. The van der Waals surface area contributed by atoms with Gasteiger partial charge in [0.25, 0.3) is 5.69 Å². The number of methoxy groups -OCH3 is 1. The minimum absolute atomic E-state index is 0.0436. The molecule has 140 valence electrons. The number of non-ortho nitro benzene ring substituents is 1. The van der Waals surface area contributed by atoms with Crippen molar-refractivity contribution in [2.45, 2.75) is 36.2 Å². The van der Waals surface area contributed by atoms with Crippen molar-refractivity contribution in [2.24, 2.45) is 0 Å². The second-order valence-electron chi connectivity index (χ2n) is 6.32. The number of hydrogen-bond donors (Lipinski definition) is 0. The number of hydrogen-bond acceptors (Lipinski definition) is 7. The van der Waals surface area contributed by atoms with Gasteiger partial charge in [-0.3, -0.25) is 14.7 Å². The van der Waals surface area contributed by atoms with Crippen LogP contribution in [0.5, 0.6) is 5.75 Å². The Hall–Kier alpha value is -2.81. The summed E-state index contributed by atoms with van der Waals surface area (Å²) in [5.74, 6) is 3.37. The highest BCUT2D eigenvalue weighted by Crippen LogP contribution is 2.40. The maximum atomic E-state index is 11.1. The zero-order valence-electron chi connectivity index (χ0n) is 14.7. The van der Waals surface area contributed by atoms with Crippen LogP contribution >= 0.6 is 11.8 Å². The fraction of sp³-hybridized carbons (Fsp3) is 0.333. The van der Waals surface area contributed by atoms with Crippen LogP contribution in [0.15, 0.2) is 46.2 Å². The van der Waals surface area contributed by atoms with E-state index in [0.717, 1.165) is 35.1 Å². The average Bonchev–Trinajstić information content (AvgIpc) is 3.24. The third kappa shape index (κ3) is 3.82. The normalized spacial score (nSPS) is 13.7. The lowest BCUT2D eigenvalue weighted by molar-refractivity contribution is -0.384. The van der Waals surface area contributed by atoms with Gasteiger partial charge in [-0.05, 0) is 31.0 Å². The molecule has 0 amide bonds. The maximum Gasteiger partial charge on any atom is 0.270 e. The lowest BCUT2D eigenvalue weighted by Gasteiger charge is -2.10. The smallest absolute Gasteiger partial charge is 0.270 e. The highest BCUT2D eigenvalue weighted by atomic mass is 32.2. The number of rotatable bonds is 8. The second-order valence-corrected chi connectivity index (χ2v) is 7.26. The van der Waals surface area contributed by atoms with Gasteiger partial charge in [0.15, 0.2) is 5.16 Å². The largest absolute Gasteiger partial charge is 0.496 e. The van der Waals surface area contributed by atoms with Crippen LogP contribution < -0.4 is 4.74 Å².